The molecule has 6 rings (SSSR count). The molecule has 0 bridgehead atoms. The standard InChI is InChI=1S/C20H20F3N3O3.C19H20F3N3O.CH4/c1-12-11-16(19(28)29-2)25-17(24-12)18(27)26-9-7-13(8-10-26)14-5-3-4-6-15(14)20(21,22)23;1-12-11-13(2)24-17(23-12)18(26)25-9-7-14(8-10-25)15-5-3-4-6-16(15)19(20,21)22;/h3-6,11,13H,7-10H2,1-2H3;3-6,11,14H,7-10H2,1-2H3;1H4. The lowest BCUT2D eigenvalue weighted by Crippen LogP contribution is -2.39. The van der Waals surface area contributed by atoms with Crippen LogP contribution in [0.4, 0.5) is 26.3 Å². The molecule has 2 aromatic heterocycles. The van der Waals surface area contributed by atoms with E-state index in [0.29, 0.717) is 50.0 Å². The maximum Gasteiger partial charge on any atom is 0.416 e. The van der Waals surface area contributed by atoms with Gasteiger partial charge in [0.05, 0.1) is 18.2 Å². The van der Waals surface area contributed by atoms with Gasteiger partial charge in [0.15, 0.2) is 5.69 Å². The summed E-state index contributed by atoms with van der Waals surface area (Å²) in [6, 6.07) is 14.5. The third-order valence-electron chi connectivity index (χ3n) is 9.59. The maximum absolute atomic E-state index is 13.3. The van der Waals surface area contributed by atoms with Crippen molar-refractivity contribution in [3.05, 3.63) is 117 Å². The molecule has 300 valence electrons. The molecule has 16 heteroatoms. The summed E-state index contributed by atoms with van der Waals surface area (Å²) in [6.07, 6.45) is -7.00. The molecule has 2 aliphatic heterocycles. The first kappa shape index (κ1) is 43.3. The van der Waals surface area contributed by atoms with Crippen molar-refractivity contribution < 1.29 is 45.5 Å². The number of halogens is 6. The fraction of sp³-hybridized carbons (Fsp3) is 0.425. The van der Waals surface area contributed by atoms with E-state index in [1.54, 1.807) is 43.9 Å². The molecule has 0 radical (unpaired) electrons. The van der Waals surface area contributed by atoms with Crippen LogP contribution < -0.4 is 0 Å². The van der Waals surface area contributed by atoms with Gasteiger partial charge in [-0.25, -0.2) is 24.7 Å². The molecule has 4 heterocycles. The van der Waals surface area contributed by atoms with Crippen LogP contribution in [0, 0.1) is 20.8 Å². The number of amides is 2. The number of piperidine rings is 2. The largest absolute Gasteiger partial charge is 0.464 e. The van der Waals surface area contributed by atoms with Crippen LogP contribution in [-0.2, 0) is 17.1 Å². The molecule has 2 fully saturated rings. The average molecular weight is 787 g/mol. The Balaban J connectivity index is 0.000000246. The van der Waals surface area contributed by atoms with Crippen molar-refractivity contribution >= 4 is 17.8 Å². The predicted octanol–water partition coefficient (Wildman–Crippen LogP) is 8.38. The number of benzene rings is 2. The van der Waals surface area contributed by atoms with Gasteiger partial charge in [0.1, 0.15) is 0 Å². The van der Waals surface area contributed by atoms with Crippen LogP contribution in [0.15, 0.2) is 60.7 Å². The molecule has 10 nitrogen and oxygen atoms in total. The Labute approximate surface area is 321 Å². The number of hydrogen-bond donors (Lipinski definition) is 0. The smallest absolute Gasteiger partial charge is 0.416 e. The van der Waals surface area contributed by atoms with Gasteiger partial charge in [-0.05, 0) is 93.7 Å². The summed E-state index contributed by atoms with van der Waals surface area (Å²) in [6.45, 7) is 6.57. The van der Waals surface area contributed by atoms with Crippen LogP contribution in [0.5, 0.6) is 0 Å². The van der Waals surface area contributed by atoms with Crippen LogP contribution in [0.2, 0.25) is 0 Å². The molecule has 0 saturated carbocycles. The predicted molar refractivity (Wildman–Crippen MR) is 195 cm³/mol. The number of carbonyl (C=O) groups excluding carboxylic acids is 3. The lowest BCUT2D eigenvalue weighted by molar-refractivity contribution is -0.139. The van der Waals surface area contributed by atoms with Crippen molar-refractivity contribution in [3.63, 3.8) is 0 Å². The number of esters is 1. The summed E-state index contributed by atoms with van der Waals surface area (Å²) in [4.78, 5) is 56.6. The minimum absolute atomic E-state index is 0. The van der Waals surface area contributed by atoms with Gasteiger partial charge in [-0.2, -0.15) is 26.3 Å². The Morgan fingerprint density at radius 3 is 1.34 bits per heavy atom. The van der Waals surface area contributed by atoms with Crippen molar-refractivity contribution in [1.29, 1.82) is 0 Å². The molecule has 0 N–H and O–H groups in total. The minimum atomic E-state index is -4.41. The molecule has 0 unspecified atom stereocenters. The third kappa shape index (κ3) is 10.5. The lowest BCUT2D eigenvalue weighted by Gasteiger charge is -2.33. The third-order valence-corrected chi connectivity index (χ3v) is 9.59. The van der Waals surface area contributed by atoms with Crippen molar-refractivity contribution in [2.75, 3.05) is 33.3 Å². The average Bonchev–Trinajstić information content (AvgIpc) is 3.16. The van der Waals surface area contributed by atoms with E-state index in [0.717, 1.165) is 23.5 Å². The second-order valence-electron chi connectivity index (χ2n) is 13.5. The number of carbonyl (C=O) groups is 3. The van der Waals surface area contributed by atoms with Crippen LogP contribution in [0.1, 0.15) is 116 Å². The van der Waals surface area contributed by atoms with Crippen molar-refractivity contribution in [2.45, 2.75) is 78.1 Å². The number of likely N-dealkylation sites (tertiary alicyclic amines) is 2. The zero-order valence-electron chi connectivity index (χ0n) is 30.7. The summed E-state index contributed by atoms with van der Waals surface area (Å²) >= 11 is 0. The maximum atomic E-state index is 13.3. The highest BCUT2D eigenvalue weighted by atomic mass is 19.4. The Morgan fingerprint density at radius 1 is 0.607 bits per heavy atom. The number of aryl methyl sites for hydroxylation is 3. The normalized spacial score (nSPS) is 15.3. The second-order valence-corrected chi connectivity index (χ2v) is 13.5. The second kappa shape index (κ2) is 18.0. The Hall–Kier alpha value is -5.41. The van der Waals surface area contributed by atoms with Crippen LogP contribution in [0.3, 0.4) is 0 Å². The Bertz CT molecular complexity index is 2000. The number of hydrogen-bond acceptors (Lipinski definition) is 8. The Kier molecular flexibility index (Phi) is 13.9. The molecule has 2 aromatic carbocycles. The van der Waals surface area contributed by atoms with E-state index >= 15 is 0 Å². The number of aromatic nitrogens is 4. The van der Waals surface area contributed by atoms with Gasteiger partial charge < -0.3 is 14.5 Å². The quantitative estimate of drug-likeness (QED) is 0.146. The summed E-state index contributed by atoms with van der Waals surface area (Å²) in [5.41, 5.74) is 1.22. The summed E-state index contributed by atoms with van der Waals surface area (Å²) in [7, 11) is 1.21. The van der Waals surface area contributed by atoms with Gasteiger partial charge in [0.25, 0.3) is 11.8 Å². The summed E-state index contributed by atoms with van der Waals surface area (Å²) < 4.78 is 84.1. The lowest BCUT2D eigenvalue weighted by atomic mass is 9.86. The molecule has 2 amide bonds. The van der Waals surface area contributed by atoms with E-state index in [4.69, 9.17) is 0 Å². The highest BCUT2D eigenvalue weighted by Gasteiger charge is 2.38. The van der Waals surface area contributed by atoms with E-state index in [9.17, 15) is 40.7 Å². The molecule has 0 aliphatic carbocycles. The number of methoxy groups -OCH3 is 1. The van der Waals surface area contributed by atoms with Crippen LogP contribution in [-0.4, -0.2) is 80.8 Å². The first-order chi connectivity index (χ1) is 26.0. The molecule has 2 aliphatic rings. The summed E-state index contributed by atoms with van der Waals surface area (Å²) in [5.74, 6) is -1.87. The fourth-order valence-corrected chi connectivity index (χ4v) is 6.99. The molecule has 4 aromatic rings. The molecule has 56 heavy (non-hydrogen) atoms. The molecular weight excluding hydrogens is 742 g/mol. The zero-order chi connectivity index (χ0) is 40.1. The monoisotopic (exact) mass is 786 g/mol. The topological polar surface area (TPSA) is 118 Å². The van der Waals surface area contributed by atoms with Gasteiger partial charge >= 0.3 is 18.3 Å². The first-order valence-corrected chi connectivity index (χ1v) is 17.6. The van der Waals surface area contributed by atoms with Crippen molar-refractivity contribution in [3.8, 4) is 0 Å². The van der Waals surface area contributed by atoms with Crippen molar-refractivity contribution in [1.82, 2.24) is 29.7 Å². The zero-order valence-corrected chi connectivity index (χ0v) is 30.7. The van der Waals surface area contributed by atoms with Crippen LogP contribution in [0.25, 0.3) is 0 Å². The first-order valence-electron chi connectivity index (χ1n) is 17.6. The number of rotatable bonds is 5. The van der Waals surface area contributed by atoms with E-state index in [2.05, 4.69) is 24.7 Å². The van der Waals surface area contributed by atoms with Gasteiger partial charge in [-0.15, -0.1) is 0 Å². The van der Waals surface area contributed by atoms with Gasteiger partial charge in [-0.1, -0.05) is 43.8 Å². The van der Waals surface area contributed by atoms with E-state index in [-0.39, 0.29) is 61.2 Å². The summed E-state index contributed by atoms with van der Waals surface area (Å²) in [5, 5.41) is 0. The highest BCUT2D eigenvalue weighted by molar-refractivity contribution is 5.93. The minimum Gasteiger partial charge on any atom is -0.464 e. The Morgan fingerprint density at radius 2 is 0.964 bits per heavy atom. The number of alkyl halides is 6. The number of ether oxygens (including phenoxy) is 1. The van der Waals surface area contributed by atoms with E-state index in [1.165, 1.54) is 42.3 Å². The van der Waals surface area contributed by atoms with Crippen molar-refractivity contribution in [2.24, 2.45) is 0 Å². The van der Waals surface area contributed by atoms with Gasteiger partial charge in [0, 0.05) is 43.3 Å². The fourth-order valence-electron chi connectivity index (χ4n) is 6.99. The van der Waals surface area contributed by atoms with Gasteiger partial charge in [0.2, 0.25) is 11.6 Å². The SMILES string of the molecule is C.COC(=O)c1cc(C)nc(C(=O)N2CCC(c3ccccc3C(F)(F)F)CC2)n1.Cc1cc(C)nc(C(=O)N2CCC(c3ccccc3C(F)(F)F)CC2)n1. The van der Waals surface area contributed by atoms with E-state index < -0.39 is 35.4 Å². The molecule has 0 spiro atoms. The molecule has 2 saturated heterocycles. The van der Waals surface area contributed by atoms with Gasteiger partial charge in [-0.3, -0.25) is 9.59 Å². The number of nitrogens with zero attached hydrogens (tertiary/aromatic N) is 6. The molecule has 0 atom stereocenters. The van der Waals surface area contributed by atoms with Crippen LogP contribution >= 0.6 is 0 Å². The molecular formula is C40H44F6N6O4. The highest BCUT2D eigenvalue weighted by Crippen LogP contribution is 2.40. The van der Waals surface area contributed by atoms with E-state index in [1.807, 2.05) is 0 Å².